The maximum Gasteiger partial charge on any atom is 0.297 e. The summed E-state index contributed by atoms with van der Waals surface area (Å²) in [5.41, 5.74) is 0.595. The van der Waals surface area contributed by atoms with Crippen LogP contribution in [0.1, 0.15) is 12.1 Å². The summed E-state index contributed by atoms with van der Waals surface area (Å²) in [6.45, 7) is -0.0588. The van der Waals surface area contributed by atoms with Crippen molar-refractivity contribution in [3.63, 3.8) is 0 Å². The molecule has 0 saturated carbocycles. The van der Waals surface area contributed by atoms with E-state index in [1.165, 1.54) is 18.4 Å². The first-order valence-electron chi connectivity index (χ1n) is 4.67. The Morgan fingerprint density at radius 2 is 2.64 bits per heavy atom. The zero-order chi connectivity index (χ0) is 9.97. The van der Waals surface area contributed by atoms with Crippen molar-refractivity contribution in [1.82, 2.24) is 4.98 Å². The highest BCUT2D eigenvalue weighted by atomic mass is 32.2. The van der Waals surface area contributed by atoms with E-state index in [0.29, 0.717) is 17.8 Å². The number of anilines is 1. The fourth-order valence-electron chi connectivity index (χ4n) is 1.51. The van der Waals surface area contributed by atoms with Gasteiger partial charge in [0.2, 0.25) is 0 Å². The molecule has 0 spiro atoms. The van der Waals surface area contributed by atoms with Gasteiger partial charge in [0.1, 0.15) is 12.0 Å². The van der Waals surface area contributed by atoms with Crippen LogP contribution in [-0.4, -0.2) is 34.7 Å². The van der Waals surface area contributed by atoms with E-state index in [4.69, 9.17) is 9.52 Å². The van der Waals surface area contributed by atoms with Crippen LogP contribution in [0.15, 0.2) is 10.7 Å². The largest absolute Gasteiger partial charge is 0.432 e. The van der Waals surface area contributed by atoms with Gasteiger partial charge in [0, 0.05) is 18.8 Å². The van der Waals surface area contributed by atoms with Gasteiger partial charge >= 0.3 is 0 Å². The molecule has 1 aliphatic rings. The SMILES string of the molecule is CN(c1nc(CO)co1)C1CCSC1. The van der Waals surface area contributed by atoms with Gasteiger partial charge in [0.05, 0.1) is 6.61 Å². The summed E-state index contributed by atoms with van der Waals surface area (Å²) < 4.78 is 5.28. The second-order valence-electron chi connectivity index (χ2n) is 3.41. The van der Waals surface area contributed by atoms with Gasteiger partial charge in [-0.3, -0.25) is 0 Å². The average Bonchev–Trinajstić information content (AvgIpc) is 2.88. The lowest BCUT2D eigenvalue weighted by atomic mass is 10.2. The molecule has 0 radical (unpaired) electrons. The Morgan fingerprint density at radius 3 is 3.21 bits per heavy atom. The van der Waals surface area contributed by atoms with Crippen molar-refractivity contribution in [2.75, 3.05) is 23.5 Å². The van der Waals surface area contributed by atoms with E-state index < -0.39 is 0 Å². The number of aliphatic hydroxyl groups excluding tert-OH is 1. The van der Waals surface area contributed by atoms with Crippen molar-refractivity contribution >= 4 is 17.8 Å². The van der Waals surface area contributed by atoms with E-state index in [-0.39, 0.29) is 6.61 Å². The lowest BCUT2D eigenvalue weighted by Gasteiger charge is -2.21. The van der Waals surface area contributed by atoms with E-state index in [9.17, 15) is 0 Å². The summed E-state index contributed by atoms with van der Waals surface area (Å²) in [5.74, 6) is 2.34. The number of nitrogens with zero attached hydrogens (tertiary/aromatic N) is 2. The molecule has 78 valence electrons. The number of hydrogen-bond acceptors (Lipinski definition) is 5. The standard InChI is InChI=1S/C9H14N2O2S/c1-11(8-2-3-14-6-8)9-10-7(4-12)5-13-9/h5,8,12H,2-4,6H2,1H3. The summed E-state index contributed by atoms with van der Waals surface area (Å²) in [7, 11) is 1.99. The Balaban J connectivity index is 2.05. The first kappa shape index (κ1) is 9.86. The van der Waals surface area contributed by atoms with Crippen LogP contribution < -0.4 is 4.90 Å². The minimum absolute atomic E-state index is 0.0588. The molecule has 0 aromatic carbocycles. The topological polar surface area (TPSA) is 49.5 Å². The van der Waals surface area contributed by atoms with Crippen molar-refractivity contribution in [2.45, 2.75) is 19.1 Å². The second-order valence-corrected chi connectivity index (χ2v) is 4.56. The molecule has 1 aromatic rings. The number of rotatable bonds is 3. The van der Waals surface area contributed by atoms with E-state index in [0.717, 1.165) is 5.75 Å². The van der Waals surface area contributed by atoms with Gasteiger partial charge in [0.25, 0.3) is 6.01 Å². The second kappa shape index (κ2) is 4.23. The van der Waals surface area contributed by atoms with Crippen molar-refractivity contribution < 1.29 is 9.52 Å². The first-order valence-corrected chi connectivity index (χ1v) is 5.82. The number of hydrogen-bond donors (Lipinski definition) is 1. The summed E-state index contributed by atoms with van der Waals surface area (Å²) >= 11 is 1.96. The molecular weight excluding hydrogens is 200 g/mol. The van der Waals surface area contributed by atoms with Gasteiger partial charge in [-0.15, -0.1) is 0 Å². The van der Waals surface area contributed by atoms with Crippen LogP contribution in [0, 0.1) is 0 Å². The molecule has 0 aliphatic carbocycles. The van der Waals surface area contributed by atoms with Gasteiger partial charge in [0.15, 0.2) is 0 Å². The van der Waals surface area contributed by atoms with Gasteiger partial charge < -0.3 is 14.4 Å². The van der Waals surface area contributed by atoms with Crippen LogP contribution in [0.2, 0.25) is 0 Å². The van der Waals surface area contributed by atoms with E-state index in [1.54, 1.807) is 0 Å². The van der Waals surface area contributed by atoms with Gasteiger partial charge in [-0.25, -0.2) is 0 Å². The molecule has 1 unspecified atom stereocenters. The summed E-state index contributed by atoms with van der Waals surface area (Å²) in [5, 5.41) is 8.85. The average molecular weight is 214 g/mol. The highest BCUT2D eigenvalue weighted by molar-refractivity contribution is 7.99. The molecule has 1 saturated heterocycles. The van der Waals surface area contributed by atoms with Crippen LogP contribution >= 0.6 is 11.8 Å². The molecule has 2 heterocycles. The molecule has 2 rings (SSSR count). The Bertz CT molecular complexity index is 297. The highest BCUT2D eigenvalue weighted by Gasteiger charge is 2.23. The van der Waals surface area contributed by atoms with E-state index in [2.05, 4.69) is 9.88 Å². The van der Waals surface area contributed by atoms with Crippen LogP contribution in [0.5, 0.6) is 0 Å². The Labute approximate surface area is 87.3 Å². The number of thioether (sulfide) groups is 1. The minimum Gasteiger partial charge on any atom is -0.432 e. The number of aromatic nitrogens is 1. The molecule has 1 fully saturated rings. The predicted octanol–water partition coefficient (Wildman–Crippen LogP) is 1.11. The van der Waals surface area contributed by atoms with Crippen molar-refractivity contribution in [1.29, 1.82) is 0 Å². The predicted molar refractivity (Wildman–Crippen MR) is 56.6 cm³/mol. The van der Waals surface area contributed by atoms with Crippen molar-refractivity contribution in [3.8, 4) is 0 Å². The van der Waals surface area contributed by atoms with Gasteiger partial charge in [-0.1, -0.05) is 0 Å². The lowest BCUT2D eigenvalue weighted by molar-refractivity contribution is 0.276. The van der Waals surface area contributed by atoms with E-state index in [1.807, 2.05) is 18.8 Å². The molecule has 1 aliphatic heterocycles. The monoisotopic (exact) mass is 214 g/mol. The van der Waals surface area contributed by atoms with Crippen LogP contribution in [-0.2, 0) is 6.61 Å². The third-order valence-corrected chi connectivity index (χ3v) is 3.60. The quantitative estimate of drug-likeness (QED) is 0.816. The Morgan fingerprint density at radius 1 is 1.79 bits per heavy atom. The lowest BCUT2D eigenvalue weighted by Crippen LogP contribution is -2.31. The zero-order valence-corrected chi connectivity index (χ0v) is 8.96. The Kier molecular flexibility index (Phi) is 2.98. The minimum atomic E-state index is -0.0588. The van der Waals surface area contributed by atoms with E-state index >= 15 is 0 Å². The molecule has 1 N–H and O–H groups in total. The third-order valence-electron chi connectivity index (χ3n) is 2.46. The van der Waals surface area contributed by atoms with Gasteiger partial charge in [-0.2, -0.15) is 16.7 Å². The maximum absolute atomic E-state index is 8.85. The number of oxazole rings is 1. The molecule has 0 amide bonds. The molecule has 14 heavy (non-hydrogen) atoms. The third kappa shape index (κ3) is 1.88. The molecule has 5 heteroatoms. The molecule has 1 atom stereocenters. The smallest absolute Gasteiger partial charge is 0.297 e. The van der Waals surface area contributed by atoms with Crippen molar-refractivity contribution in [3.05, 3.63) is 12.0 Å². The normalized spacial score (nSPS) is 21.4. The maximum atomic E-state index is 8.85. The highest BCUT2D eigenvalue weighted by Crippen LogP contribution is 2.25. The summed E-state index contributed by atoms with van der Waals surface area (Å²) in [4.78, 5) is 6.23. The Hall–Kier alpha value is -0.680. The molecule has 4 nitrogen and oxygen atoms in total. The zero-order valence-electron chi connectivity index (χ0n) is 8.14. The molecule has 0 bridgehead atoms. The summed E-state index contributed by atoms with van der Waals surface area (Å²) in [6.07, 6.45) is 2.69. The first-order chi connectivity index (χ1) is 6.81. The molecular formula is C9H14N2O2S. The molecule has 1 aromatic heterocycles. The fourth-order valence-corrected chi connectivity index (χ4v) is 2.78. The van der Waals surface area contributed by atoms with Crippen LogP contribution in [0.25, 0.3) is 0 Å². The summed E-state index contributed by atoms with van der Waals surface area (Å²) in [6, 6.07) is 1.13. The fraction of sp³-hybridized carbons (Fsp3) is 0.667. The van der Waals surface area contributed by atoms with Crippen molar-refractivity contribution in [2.24, 2.45) is 0 Å². The van der Waals surface area contributed by atoms with Gasteiger partial charge in [-0.05, 0) is 12.2 Å². The van der Waals surface area contributed by atoms with Crippen LogP contribution in [0.3, 0.4) is 0 Å². The number of aliphatic hydroxyl groups is 1. The van der Waals surface area contributed by atoms with Crippen LogP contribution in [0.4, 0.5) is 6.01 Å².